The molecule has 1 nitrogen and oxygen atoms in total. The van der Waals surface area contributed by atoms with Crippen molar-refractivity contribution in [2.45, 2.75) is 41.0 Å². The fraction of sp³-hybridized carbons (Fsp3) is 0.222. The zero-order chi connectivity index (χ0) is 19.8. The van der Waals surface area contributed by atoms with Crippen molar-refractivity contribution in [3.8, 4) is 0 Å². The highest BCUT2D eigenvalue weighted by Gasteiger charge is 2.16. The fourth-order valence-electron chi connectivity index (χ4n) is 4.31. The summed E-state index contributed by atoms with van der Waals surface area (Å²) in [5.74, 6) is 0. The van der Waals surface area contributed by atoms with Crippen LogP contribution in [0.4, 0.5) is 5.69 Å². The van der Waals surface area contributed by atoms with Gasteiger partial charge in [-0.05, 0) is 79.6 Å². The second-order valence-electron chi connectivity index (χ2n) is 7.95. The summed E-state index contributed by atoms with van der Waals surface area (Å²) in [6, 6.07) is 17.5. The van der Waals surface area contributed by atoms with Gasteiger partial charge in [-0.25, -0.2) is 0 Å². The number of rotatable bonds is 3. The molecule has 4 rings (SSSR count). The number of fused-ring (bicyclic) bond motifs is 1. The SMILES string of the molecule is CC1=CCC(c2ccc3ccccc3c2C=Nc2c(C)cc(C)cc2C)=C1C. The summed E-state index contributed by atoms with van der Waals surface area (Å²) in [7, 11) is 0. The van der Waals surface area contributed by atoms with E-state index in [1.54, 1.807) is 0 Å². The fourth-order valence-corrected chi connectivity index (χ4v) is 4.31. The van der Waals surface area contributed by atoms with E-state index in [1.807, 2.05) is 0 Å². The summed E-state index contributed by atoms with van der Waals surface area (Å²) in [6.45, 7) is 10.9. The molecule has 0 heterocycles. The molecule has 0 saturated carbocycles. The van der Waals surface area contributed by atoms with E-state index in [0.717, 1.165) is 12.1 Å². The standard InChI is InChI=1S/C27H27N/c1-17-14-19(3)27(20(4)15-17)28-16-26-24-9-7-6-8-22(24)11-13-25(26)23-12-10-18(2)21(23)5/h6-11,13-16H,12H2,1-5H3. The van der Waals surface area contributed by atoms with E-state index in [1.165, 1.54) is 55.3 Å². The first-order chi connectivity index (χ1) is 13.5. The van der Waals surface area contributed by atoms with E-state index >= 15 is 0 Å². The first-order valence-electron chi connectivity index (χ1n) is 9.96. The van der Waals surface area contributed by atoms with Crippen molar-refractivity contribution in [2.75, 3.05) is 0 Å². The van der Waals surface area contributed by atoms with Gasteiger partial charge < -0.3 is 0 Å². The molecule has 1 aliphatic carbocycles. The lowest BCUT2D eigenvalue weighted by atomic mass is 9.92. The van der Waals surface area contributed by atoms with Crippen LogP contribution in [0.1, 0.15) is 48.1 Å². The lowest BCUT2D eigenvalue weighted by Gasteiger charge is -2.13. The Hall–Kier alpha value is -2.93. The molecular weight excluding hydrogens is 338 g/mol. The van der Waals surface area contributed by atoms with Crippen LogP contribution in [-0.2, 0) is 0 Å². The number of aryl methyl sites for hydroxylation is 3. The summed E-state index contributed by atoms with van der Waals surface area (Å²) in [5, 5.41) is 2.52. The van der Waals surface area contributed by atoms with Crippen molar-refractivity contribution in [1.29, 1.82) is 0 Å². The van der Waals surface area contributed by atoms with Crippen molar-refractivity contribution in [2.24, 2.45) is 4.99 Å². The Morgan fingerprint density at radius 2 is 1.57 bits per heavy atom. The van der Waals surface area contributed by atoms with Crippen LogP contribution in [0, 0.1) is 20.8 Å². The topological polar surface area (TPSA) is 12.4 Å². The average molecular weight is 366 g/mol. The smallest absolute Gasteiger partial charge is 0.0688 e. The molecule has 0 saturated heterocycles. The molecule has 0 atom stereocenters. The molecule has 1 aliphatic rings. The predicted octanol–water partition coefficient (Wildman–Crippen LogP) is 7.64. The van der Waals surface area contributed by atoms with E-state index in [0.29, 0.717) is 0 Å². The van der Waals surface area contributed by atoms with Crippen LogP contribution in [0.3, 0.4) is 0 Å². The Bertz CT molecular complexity index is 1150. The molecule has 0 unspecified atom stereocenters. The molecule has 0 bridgehead atoms. The van der Waals surface area contributed by atoms with Crippen LogP contribution in [0.15, 0.2) is 70.7 Å². The van der Waals surface area contributed by atoms with Crippen molar-refractivity contribution < 1.29 is 0 Å². The summed E-state index contributed by atoms with van der Waals surface area (Å²) < 4.78 is 0. The number of benzene rings is 3. The van der Waals surface area contributed by atoms with Crippen LogP contribution in [0.25, 0.3) is 16.3 Å². The highest BCUT2D eigenvalue weighted by Crippen LogP contribution is 2.37. The Labute approximate surface area is 168 Å². The molecule has 1 heteroatoms. The highest BCUT2D eigenvalue weighted by molar-refractivity contribution is 6.05. The number of hydrogen-bond acceptors (Lipinski definition) is 1. The summed E-state index contributed by atoms with van der Waals surface area (Å²) in [5.41, 5.74) is 11.5. The van der Waals surface area contributed by atoms with Gasteiger partial charge in [0.05, 0.1) is 5.69 Å². The Morgan fingerprint density at radius 1 is 0.857 bits per heavy atom. The predicted molar refractivity (Wildman–Crippen MR) is 123 cm³/mol. The first kappa shape index (κ1) is 18.4. The molecule has 0 radical (unpaired) electrons. The molecule has 28 heavy (non-hydrogen) atoms. The maximum Gasteiger partial charge on any atom is 0.0688 e. The van der Waals surface area contributed by atoms with E-state index < -0.39 is 0 Å². The molecule has 0 aromatic heterocycles. The molecule has 3 aromatic carbocycles. The number of allylic oxidation sites excluding steroid dienone is 4. The van der Waals surface area contributed by atoms with Crippen LogP contribution < -0.4 is 0 Å². The number of nitrogens with zero attached hydrogens (tertiary/aromatic N) is 1. The van der Waals surface area contributed by atoms with Crippen molar-refractivity contribution in [1.82, 2.24) is 0 Å². The number of hydrogen-bond donors (Lipinski definition) is 0. The minimum absolute atomic E-state index is 0.999. The van der Waals surface area contributed by atoms with E-state index in [9.17, 15) is 0 Å². The summed E-state index contributed by atoms with van der Waals surface area (Å²) >= 11 is 0. The molecule has 0 aliphatic heterocycles. The van der Waals surface area contributed by atoms with Gasteiger partial charge in [-0.1, -0.05) is 65.7 Å². The van der Waals surface area contributed by atoms with Gasteiger partial charge in [-0.3, -0.25) is 4.99 Å². The second kappa shape index (κ2) is 7.24. The third-order valence-corrected chi connectivity index (χ3v) is 5.91. The third kappa shape index (κ3) is 3.22. The van der Waals surface area contributed by atoms with Crippen LogP contribution in [0.5, 0.6) is 0 Å². The molecule has 0 fully saturated rings. The monoisotopic (exact) mass is 365 g/mol. The first-order valence-corrected chi connectivity index (χ1v) is 9.96. The highest BCUT2D eigenvalue weighted by atomic mass is 14.7. The molecule has 0 amide bonds. The summed E-state index contributed by atoms with van der Waals surface area (Å²) in [4.78, 5) is 4.98. The van der Waals surface area contributed by atoms with Gasteiger partial charge in [-0.15, -0.1) is 0 Å². The Kier molecular flexibility index (Phi) is 4.77. The zero-order valence-corrected chi connectivity index (χ0v) is 17.4. The third-order valence-electron chi connectivity index (χ3n) is 5.91. The van der Waals surface area contributed by atoms with E-state index in [-0.39, 0.29) is 0 Å². The van der Waals surface area contributed by atoms with Gasteiger partial charge in [0, 0.05) is 11.8 Å². The lowest BCUT2D eigenvalue weighted by Crippen LogP contribution is -1.96. The normalized spacial score (nSPS) is 14.4. The van der Waals surface area contributed by atoms with Crippen LogP contribution in [-0.4, -0.2) is 6.21 Å². The van der Waals surface area contributed by atoms with E-state index in [4.69, 9.17) is 4.99 Å². The van der Waals surface area contributed by atoms with Gasteiger partial charge in [0.1, 0.15) is 0 Å². The quantitative estimate of drug-likeness (QED) is 0.423. The van der Waals surface area contributed by atoms with Gasteiger partial charge in [0.25, 0.3) is 0 Å². The number of aliphatic imine (C=N–C) groups is 1. The van der Waals surface area contributed by atoms with Crippen LogP contribution >= 0.6 is 0 Å². The minimum Gasteiger partial charge on any atom is -0.256 e. The zero-order valence-electron chi connectivity index (χ0n) is 17.4. The molecular formula is C27H27N. The van der Waals surface area contributed by atoms with Crippen molar-refractivity contribution in [3.63, 3.8) is 0 Å². The second-order valence-corrected chi connectivity index (χ2v) is 7.95. The van der Waals surface area contributed by atoms with Gasteiger partial charge >= 0.3 is 0 Å². The average Bonchev–Trinajstić information content (AvgIpc) is 2.99. The maximum atomic E-state index is 4.98. The van der Waals surface area contributed by atoms with E-state index in [2.05, 4.69) is 95.4 Å². The van der Waals surface area contributed by atoms with Gasteiger partial charge in [0.2, 0.25) is 0 Å². The molecule has 0 N–H and O–H groups in total. The van der Waals surface area contributed by atoms with Gasteiger partial charge in [0.15, 0.2) is 0 Å². The maximum absolute atomic E-state index is 4.98. The Balaban J connectivity index is 1.92. The van der Waals surface area contributed by atoms with Crippen LogP contribution in [0.2, 0.25) is 0 Å². The minimum atomic E-state index is 0.999. The van der Waals surface area contributed by atoms with Gasteiger partial charge in [-0.2, -0.15) is 0 Å². The summed E-state index contributed by atoms with van der Waals surface area (Å²) in [6.07, 6.45) is 5.41. The molecule has 3 aromatic rings. The lowest BCUT2D eigenvalue weighted by molar-refractivity contribution is 1.29. The van der Waals surface area contributed by atoms with Crippen molar-refractivity contribution >= 4 is 28.2 Å². The van der Waals surface area contributed by atoms with Crippen molar-refractivity contribution in [3.05, 3.63) is 93.6 Å². The molecule has 140 valence electrons. The Morgan fingerprint density at radius 3 is 2.25 bits per heavy atom. The largest absolute Gasteiger partial charge is 0.256 e. The molecule has 0 spiro atoms.